The standard InChI is InChI=1S/C24H29N2O7PS/c1-3-32-34(29,33-4-2)22(18-11-7-5-8-12-18)21(26-23(27)19-13-9-6-10-14-19)24(28)25-20-15-16-35(30,31)17-20/h5-14,20,29H,3-4,15-17H2,1-2H3,(H-,25,26,27,28)/p+1/b22-21-/t20-/m1/s1. The van der Waals surface area contributed by atoms with Crippen molar-refractivity contribution in [3.05, 3.63) is 77.5 Å². The van der Waals surface area contributed by atoms with Crippen molar-refractivity contribution in [2.45, 2.75) is 26.3 Å². The summed E-state index contributed by atoms with van der Waals surface area (Å²) in [5.41, 5.74) is 0.457. The normalized spacial score (nSPS) is 18.0. The summed E-state index contributed by atoms with van der Waals surface area (Å²) in [6.45, 7) is 3.53. The highest BCUT2D eigenvalue weighted by Gasteiger charge is 2.51. The lowest BCUT2D eigenvalue weighted by atomic mass is 10.1. The highest BCUT2D eigenvalue weighted by molar-refractivity contribution is 7.91. The van der Waals surface area contributed by atoms with Crippen molar-refractivity contribution < 1.29 is 31.9 Å². The predicted molar refractivity (Wildman–Crippen MR) is 135 cm³/mol. The van der Waals surface area contributed by atoms with Crippen molar-refractivity contribution in [1.82, 2.24) is 10.6 Å². The molecule has 0 saturated carbocycles. The number of hydrogen-bond acceptors (Lipinski definition) is 7. The van der Waals surface area contributed by atoms with Gasteiger partial charge in [0, 0.05) is 17.2 Å². The van der Waals surface area contributed by atoms with Gasteiger partial charge in [-0.2, -0.15) is 13.9 Å². The molecule has 3 N–H and O–H groups in total. The van der Waals surface area contributed by atoms with Gasteiger partial charge >= 0.3 is 7.94 Å². The first-order chi connectivity index (χ1) is 16.7. The van der Waals surface area contributed by atoms with Gasteiger partial charge < -0.3 is 10.6 Å². The number of hydrogen-bond donors (Lipinski definition) is 3. The number of amides is 2. The van der Waals surface area contributed by atoms with Gasteiger partial charge in [-0.05, 0) is 32.4 Å². The molecule has 2 amide bonds. The Kier molecular flexibility index (Phi) is 9.15. The summed E-state index contributed by atoms with van der Waals surface area (Å²) < 4.78 is 35.2. The van der Waals surface area contributed by atoms with Gasteiger partial charge in [-0.15, -0.1) is 0 Å². The van der Waals surface area contributed by atoms with Crippen LogP contribution in [0.3, 0.4) is 0 Å². The van der Waals surface area contributed by atoms with Crippen molar-refractivity contribution in [2.75, 3.05) is 24.7 Å². The molecule has 1 aliphatic heterocycles. The molecule has 1 fully saturated rings. The van der Waals surface area contributed by atoms with E-state index in [1.165, 1.54) is 0 Å². The van der Waals surface area contributed by atoms with E-state index in [-0.39, 0.29) is 42.2 Å². The van der Waals surface area contributed by atoms with E-state index < -0.39 is 35.6 Å². The summed E-state index contributed by atoms with van der Waals surface area (Å²) >= 11 is 0. The molecule has 0 bridgehead atoms. The fraction of sp³-hybridized carbons (Fsp3) is 0.333. The van der Waals surface area contributed by atoms with Crippen LogP contribution in [0.25, 0.3) is 5.31 Å². The third kappa shape index (κ3) is 6.96. The molecule has 1 heterocycles. The molecule has 1 aliphatic rings. The summed E-state index contributed by atoms with van der Waals surface area (Å²) in [6, 6.07) is 16.2. The molecule has 188 valence electrons. The van der Waals surface area contributed by atoms with E-state index in [2.05, 4.69) is 10.6 Å². The maximum absolute atomic E-state index is 13.6. The SMILES string of the molecule is CCO[P+](O)(OCC)/C(=C(\NC(=O)c1ccccc1)C(=O)N[C@@H]1CCS(=O)(=O)C1)c1ccccc1. The summed E-state index contributed by atoms with van der Waals surface area (Å²) in [6.07, 6.45) is 0.255. The minimum atomic E-state index is -3.84. The lowest BCUT2D eigenvalue weighted by molar-refractivity contribution is -0.118. The Morgan fingerprint density at radius 1 is 0.971 bits per heavy atom. The number of rotatable bonds is 10. The minimum absolute atomic E-state index is 0.00411. The number of benzene rings is 2. The van der Waals surface area contributed by atoms with Crippen LogP contribution in [0.2, 0.25) is 0 Å². The molecular formula is C24H30N2O7PS+. The van der Waals surface area contributed by atoms with Crippen LogP contribution >= 0.6 is 7.94 Å². The average Bonchev–Trinajstić information content (AvgIpc) is 3.18. The minimum Gasteiger partial charge on any atom is -0.347 e. The molecule has 1 saturated heterocycles. The molecule has 0 aromatic heterocycles. The van der Waals surface area contributed by atoms with E-state index in [1.54, 1.807) is 74.5 Å². The second kappa shape index (κ2) is 11.9. The molecule has 35 heavy (non-hydrogen) atoms. The van der Waals surface area contributed by atoms with Gasteiger partial charge in [0.1, 0.15) is 0 Å². The first-order valence-electron chi connectivity index (χ1n) is 11.3. The second-order valence-corrected chi connectivity index (χ2v) is 12.1. The van der Waals surface area contributed by atoms with Crippen molar-refractivity contribution >= 4 is 34.9 Å². The summed E-state index contributed by atoms with van der Waals surface area (Å²) in [5.74, 6) is -1.56. The topological polar surface area (TPSA) is 131 Å². The average molecular weight is 522 g/mol. The van der Waals surface area contributed by atoms with Crippen molar-refractivity contribution in [3.8, 4) is 0 Å². The number of sulfone groups is 1. The van der Waals surface area contributed by atoms with Crippen LogP contribution < -0.4 is 10.6 Å². The Hall–Kier alpha value is -2.62. The monoisotopic (exact) mass is 521 g/mol. The third-order valence-corrected chi connectivity index (χ3v) is 9.28. The molecule has 9 nitrogen and oxygen atoms in total. The Bertz CT molecular complexity index is 1160. The van der Waals surface area contributed by atoms with Crippen molar-refractivity contribution in [3.63, 3.8) is 0 Å². The van der Waals surface area contributed by atoms with Gasteiger partial charge in [-0.25, -0.2) is 8.42 Å². The first-order valence-corrected chi connectivity index (χ1v) is 14.7. The highest BCUT2D eigenvalue weighted by atomic mass is 32.2. The molecule has 0 spiro atoms. The van der Waals surface area contributed by atoms with E-state index in [9.17, 15) is 22.9 Å². The van der Waals surface area contributed by atoms with Crippen LogP contribution in [-0.2, 0) is 23.7 Å². The van der Waals surface area contributed by atoms with Crippen LogP contribution in [0, 0.1) is 0 Å². The van der Waals surface area contributed by atoms with Gasteiger partial charge in [-0.1, -0.05) is 48.5 Å². The second-order valence-electron chi connectivity index (χ2n) is 7.84. The molecule has 0 radical (unpaired) electrons. The fourth-order valence-corrected chi connectivity index (χ4v) is 7.35. The quantitative estimate of drug-likeness (QED) is 0.324. The zero-order valence-electron chi connectivity index (χ0n) is 19.6. The molecule has 2 aromatic rings. The smallest absolute Gasteiger partial charge is 0.347 e. The molecule has 0 aliphatic carbocycles. The Morgan fingerprint density at radius 3 is 2.00 bits per heavy atom. The summed E-state index contributed by atoms with van der Waals surface area (Å²) in [5, 5.41) is 5.34. The lowest BCUT2D eigenvalue weighted by Gasteiger charge is -2.22. The molecular weight excluding hydrogens is 491 g/mol. The van der Waals surface area contributed by atoms with Crippen LogP contribution in [0.5, 0.6) is 0 Å². The predicted octanol–water partition coefficient (Wildman–Crippen LogP) is 2.92. The molecule has 3 rings (SSSR count). The lowest BCUT2D eigenvalue weighted by Crippen LogP contribution is -2.41. The maximum Gasteiger partial charge on any atom is 0.449 e. The van der Waals surface area contributed by atoms with E-state index in [1.807, 2.05) is 0 Å². The van der Waals surface area contributed by atoms with Gasteiger partial charge in [0.25, 0.3) is 11.8 Å². The van der Waals surface area contributed by atoms with E-state index in [4.69, 9.17) is 9.05 Å². The van der Waals surface area contributed by atoms with Crippen LogP contribution in [0.15, 0.2) is 66.4 Å². The zero-order chi connectivity index (χ0) is 25.5. The fourth-order valence-electron chi connectivity index (χ4n) is 3.73. The van der Waals surface area contributed by atoms with Crippen molar-refractivity contribution in [1.29, 1.82) is 0 Å². The van der Waals surface area contributed by atoms with Gasteiger partial charge in [0.15, 0.2) is 15.5 Å². The Balaban J connectivity index is 2.15. The van der Waals surface area contributed by atoms with E-state index >= 15 is 0 Å². The first kappa shape index (κ1) is 27.0. The molecule has 11 heteroatoms. The van der Waals surface area contributed by atoms with Crippen LogP contribution in [0.4, 0.5) is 0 Å². The number of carbonyl (C=O) groups is 2. The van der Waals surface area contributed by atoms with Crippen LogP contribution in [0.1, 0.15) is 36.2 Å². The summed E-state index contributed by atoms with van der Waals surface area (Å²) in [7, 11) is -7.10. The highest BCUT2D eigenvalue weighted by Crippen LogP contribution is 2.68. The maximum atomic E-state index is 13.6. The summed E-state index contributed by atoms with van der Waals surface area (Å²) in [4.78, 5) is 38.2. The van der Waals surface area contributed by atoms with Crippen LogP contribution in [-0.4, -0.2) is 55.9 Å². The Morgan fingerprint density at radius 2 is 1.51 bits per heavy atom. The molecule has 2 aromatic carbocycles. The van der Waals surface area contributed by atoms with Crippen molar-refractivity contribution in [2.24, 2.45) is 0 Å². The molecule has 1 atom stereocenters. The third-order valence-electron chi connectivity index (χ3n) is 5.24. The zero-order valence-corrected chi connectivity index (χ0v) is 21.3. The van der Waals surface area contributed by atoms with Gasteiger partial charge in [0.2, 0.25) is 5.31 Å². The van der Waals surface area contributed by atoms with Gasteiger partial charge in [-0.3, -0.25) is 9.59 Å². The molecule has 0 unspecified atom stereocenters. The van der Waals surface area contributed by atoms with E-state index in [0.29, 0.717) is 11.1 Å². The number of carbonyl (C=O) groups excluding carboxylic acids is 2. The van der Waals surface area contributed by atoms with Gasteiger partial charge in [0.05, 0.1) is 24.7 Å². The van der Waals surface area contributed by atoms with E-state index in [0.717, 1.165) is 0 Å². The Labute approximate surface area is 206 Å². The largest absolute Gasteiger partial charge is 0.449 e. The number of nitrogens with one attached hydrogen (secondary N) is 2.